The lowest BCUT2D eigenvalue weighted by atomic mass is 9.46. The van der Waals surface area contributed by atoms with Crippen LogP contribution in [0.25, 0.3) is 0 Å². The van der Waals surface area contributed by atoms with E-state index in [4.69, 9.17) is 9.84 Å². The standard InChI is InChI=1S/C22H36O4/c1-14(13-20(24)25)7-9-17-15(2)8-10-18-21(4,5)19(26-16(3)23)11-12-22(17,18)6/h14,17-19H,2,7-13H2,1,3-6H3,(H,24,25)/t14-,17-,18-,19+,22+/m1/s1. The van der Waals surface area contributed by atoms with Gasteiger partial charge in [-0.2, -0.15) is 0 Å². The average Bonchev–Trinajstić information content (AvgIpc) is 2.48. The fraction of sp³-hybridized carbons (Fsp3) is 0.818. The van der Waals surface area contributed by atoms with E-state index in [0.717, 1.165) is 38.5 Å². The summed E-state index contributed by atoms with van der Waals surface area (Å²) in [4.78, 5) is 22.5. The first-order valence-electron chi connectivity index (χ1n) is 10.0. The summed E-state index contributed by atoms with van der Waals surface area (Å²) in [6, 6.07) is 0. The van der Waals surface area contributed by atoms with Gasteiger partial charge in [0.2, 0.25) is 0 Å². The van der Waals surface area contributed by atoms with Gasteiger partial charge >= 0.3 is 11.9 Å². The number of hydrogen-bond acceptors (Lipinski definition) is 3. The number of aliphatic carboxylic acids is 1. The first-order valence-corrected chi connectivity index (χ1v) is 10.0. The van der Waals surface area contributed by atoms with Crippen molar-refractivity contribution in [3.8, 4) is 0 Å². The van der Waals surface area contributed by atoms with Crippen LogP contribution < -0.4 is 0 Å². The fourth-order valence-corrected chi connectivity index (χ4v) is 5.95. The van der Waals surface area contributed by atoms with Crippen molar-refractivity contribution in [2.24, 2.45) is 28.6 Å². The van der Waals surface area contributed by atoms with E-state index in [1.807, 2.05) is 6.92 Å². The molecule has 2 saturated carbocycles. The Hall–Kier alpha value is -1.32. The van der Waals surface area contributed by atoms with Crippen LogP contribution in [0.1, 0.15) is 79.6 Å². The van der Waals surface area contributed by atoms with Gasteiger partial charge in [0.25, 0.3) is 0 Å². The van der Waals surface area contributed by atoms with Crippen LogP contribution in [0.5, 0.6) is 0 Å². The van der Waals surface area contributed by atoms with Crippen LogP contribution in [0.3, 0.4) is 0 Å². The van der Waals surface area contributed by atoms with Crippen molar-refractivity contribution in [2.75, 3.05) is 0 Å². The number of hydrogen-bond donors (Lipinski definition) is 1. The summed E-state index contributed by atoms with van der Waals surface area (Å²) in [7, 11) is 0. The zero-order chi connectivity index (χ0) is 19.7. The quantitative estimate of drug-likeness (QED) is 0.518. The van der Waals surface area contributed by atoms with Crippen molar-refractivity contribution >= 4 is 11.9 Å². The number of carboxylic acids is 1. The normalized spacial score (nSPS) is 34.7. The van der Waals surface area contributed by atoms with Crippen molar-refractivity contribution in [1.29, 1.82) is 0 Å². The van der Waals surface area contributed by atoms with Gasteiger partial charge in [0.05, 0.1) is 0 Å². The minimum atomic E-state index is -0.716. The Labute approximate surface area is 158 Å². The molecule has 4 nitrogen and oxygen atoms in total. The molecule has 0 aromatic carbocycles. The maximum absolute atomic E-state index is 11.5. The number of fused-ring (bicyclic) bond motifs is 1. The van der Waals surface area contributed by atoms with Crippen LogP contribution in [0.15, 0.2) is 12.2 Å². The van der Waals surface area contributed by atoms with E-state index in [9.17, 15) is 9.59 Å². The van der Waals surface area contributed by atoms with E-state index in [-0.39, 0.29) is 35.2 Å². The molecule has 0 amide bonds. The maximum atomic E-state index is 11.5. The van der Waals surface area contributed by atoms with Gasteiger partial charge in [0.15, 0.2) is 0 Å². The molecular weight excluding hydrogens is 328 g/mol. The predicted molar refractivity (Wildman–Crippen MR) is 103 cm³/mol. The van der Waals surface area contributed by atoms with Gasteiger partial charge in [-0.3, -0.25) is 9.59 Å². The van der Waals surface area contributed by atoms with E-state index in [0.29, 0.717) is 11.8 Å². The van der Waals surface area contributed by atoms with Crippen LogP contribution in [0.2, 0.25) is 0 Å². The van der Waals surface area contributed by atoms with Gasteiger partial charge in [-0.15, -0.1) is 0 Å². The molecule has 2 rings (SSSR count). The zero-order valence-corrected chi connectivity index (χ0v) is 17.1. The minimum Gasteiger partial charge on any atom is -0.481 e. The van der Waals surface area contributed by atoms with E-state index in [1.54, 1.807) is 0 Å². The molecule has 148 valence electrons. The minimum absolute atomic E-state index is 0.0176. The molecule has 0 bridgehead atoms. The molecule has 5 atom stereocenters. The smallest absolute Gasteiger partial charge is 0.303 e. The van der Waals surface area contributed by atoms with Crippen LogP contribution in [0.4, 0.5) is 0 Å². The SMILES string of the molecule is C=C1CC[C@@H]2C(C)(C)[C@@H](OC(C)=O)CC[C@@]2(C)[C@@H]1CC[C@@H](C)CC(=O)O. The third kappa shape index (κ3) is 4.15. The summed E-state index contributed by atoms with van der Waals surface area (Å²) in [5, 5.41) is 9.02. The summed E-state index contributed by atoms with van der Waals surface area (Å²) >= 11 is 0. The third-order valence-electron chi connectivity index (χ3n) is 7.29. The van der Waals surface area contributed by atoms with E-state index < -0.39 is 5.97 Å². The molecule has 0 radical (unpaired) electrons. The topological polar surface area (TPSA) is 63.6 Å². The first kappa shape index (κ1) is 21.0. The van der Waals surface area contributed by atoms with Gasteiger partial charge in [-0.1, -0.05) is 39.8 Å². The number of rotatable bonds is 6. The lowest BCUT2D eigenvalue weighted by Gasteiger charge is -2.60. The molecule has 0 spiro atoms. The molecule has 2 aliphatic rings. The van der Waals surface area contributed by atoms with Crippen molar-refractivity contribution in [3.05, 3.63) is 12.2 Å². The van der Waals surface area contributed by atoms with E-state index >= 15 is 0 Å². The Bertz CT molecular complexity index is 564. The number of carbonyl (C=O) groups excluding carboxylic acids is 1. The molecule has 2 fully saturated rings. The van der Waals surface area contributed by atoms with Gasteiger partial charge in [-0.05, 0) is 61.7 Å². The average molecular weight is 365 g/mol. The van der Waals surface area contributed by atoms with Gasteiger partial charge in [0, 0.05) is 18.8 Å². The molecule has 0 aromatic rings. The number of carbonyl (C=O) groups is 2. The second-order valence-electron chi connectivity index (χ2n) is 9.55. The molecule has 4 heteroatoms. The lowest BCUT2D eigenvalue weighted by molar-refractivity contribution is -0.174. The molecule has 26 heavy (non-hydrogen) atoms. The summed E-state index contributed by atoms with van der Waals surface area (Å²) < 4.78 is 5.68. The van der Waals surface area contributed by atoms with E-state index in [2.05, 4.69) is 27.4 Å². The van der Waals surface area contributed by atoms with Gasteiger partial charge < -0.3 is 9.84 Å². The van der Waals surface area contributed by atoms with Gasteiger partial charge in [0.1, 0.15) is 6.10 Å². The van der Waals surface area contributed by atoms with Crippen molar-refractivity contribution in [3.63, 3.8) is 0 Å². The highest BCUT2D eigenvalue weighted by molar-refractivity contribution is 5.67. The fourth-order valence-electron chi connectivity index (χ4n) is 5.95. The Balaban J connectivity index is 2.17. The van der Waals surface area contributed by atoms with Crippen LogP contribution >= 0.6 is 0 Å². The van der Waals surface area contributed by atoms with Crippen molar-refractivity contribution in [2.45, 2.75) is 85.7 Å². The Kier molecular flexibility index (Phi) is 6.24. The summed E-state index contributed by atoms with van der Waals surface area (Å²) in [5.74, 6) is 0.195. The summed E-state index contributed by atoms with van der Waals surface area (Å²) in [6.45, 7) is 14.8. The second-order valence-corrected chi connectivity index (χ2v) is 9.55. The van der Waals surface area contributed by atoms with Crippen molar-refractivity contribution < 1.29 is 19.4 Å². The molecular formula is C22H36O4. The number of allylic oxidation sites excluding steroid dienone is 1. The maximum Gasteiger partial charge on any atom is 0.303 e. The van der Waals surface area contributed by atoms with Gasteiger partial charge in [-0.25, -0.2) is 0 Å². The first-order chi connectivity index (χ1) is 12.0. The van der Waals surface area contributed by atoms with E-state index in [1.165, 1.54) is 12.5 Å². The van der Waals surface area contributed by atoms with Crippen LogP contribution in [0, 0.1) is 28.6 Å². The predicted octanol–water partition coefficient (Wildman–Crippen LogP) is 5.22. The lowest BCUT2D eigenvalue weighted by Crippen LogP contribution is -2.55. The Morgan fingerprint density at radius 1 is 1.31 bits per heavy atom. The molecule has 2 aliphatic carbocycles. The summed E-state index contributed by atoms with van der Waals surface area (Å²) in [6.07, 6.45) is 6.20. The highest BCUT2D eigenvalue weighted by Crippen LogP contribution is 2.62. The highest BCUT2D eigenvalue weighted by atomic mass is 16.5. The number of carboxylic acid groups (broad SMARTS) is 1. The Morgan fingerprint density at radius 2 is 1.96 bits per heavy atom. The highest BCUT2D eigenvalue weighted by Gasteiger charge is 2.56. The molecule has 0 unspecified atom stereocenters. The largest absolute Gasteiger partial charge is 0.481 e. The third-order valence-corrected chi connectivity index (χ3v) is 7.29. The van der Waals surface area contributed by atoms with Crippen LogP contribution in [-0.4, -0.2) is 23.1 Å². The molecule has 1 N–H and O–H groups in total. The number of esters is 1. The summed E-state index contributed by atoms with van der Waals surface area (Å²) in [5.41, 5.74) is 1.43. The molecule has 0 aliphatic heterocycles. The number of ether oxygens (including phenoxy) is 1. The Morgan fingerprint density at radius 3 is 2.54 bits per heavy atom. The molecule has 0 heterocycles. The van der Waals surface area contributed by atoms with Crippen molar-refractivity contribution in [1.82, 2.24) is 0 Å². The monoisotopic (exact) mass is 364 g/mol. The molecule has 0 aromatic heterocycles. The zero-order valence-electron chi connectivity index (χ0n) is 17.1. The second kappa shape index (κ2) is 7.74. The van der Waals surface area contributed by atoms with Crippen LogP contribution in [-0.2, 0) is 14.3 Å². The molecule has 0 saturated heterocycles.